The minimum atomic E-state index is 0.0955. The summed E-state index contributed by atoms with van der Waals surface area (Å²) in [6, 6.07) is 0.401. The standard InChI is InChI=1S/C14H26N2O2/c1-16-9-12(5-6-13(16)18)15-10-14(11-17)7-3-2-4-8-14/h12,15,17H,2-11H2,1H3. The van der Waals surface area contributed by atoms with Crippen molar-refractivity contribution >= 4 is 5.91 Å². The van der Waals surface area contributed by atoms with Crippen molar-refractivity contribution in [3.05, 3.63) is 0 Å². The van der Waals surface area contributed by atoms with E-state index in [-0.39, 0.29) is 11.3 Å². The maximum Gasteiger partial charge on any atom is 0.222 e. The Kier molecular flexibility index (Phi) is 4.62. The van der Waals surface area contributed by atoms with Crippen molar-refractivity contribution in [2.45, 2.75) is 51.0 Å². The lowest BCUT2D eigenvalue weighted by atomic mass is 9.74. The normalized spacial score (nSPS) is 28.4. The molecule has 4 heteroatoms. The van der Waals surface area contributed by atoms with Crippen molar-refractivity contribution in [1.82, 2.24) is 10.2 Å². The van der Waals surface area contributed by atoms with Crippen LogP contribution in [-0.2, 0) is 4.79 Å². The van der Waals surface area contributed by atoms with Crippen LogP contribution in [0.25, 0.3) is 0 Å². The van der Waals surface area contributed by atoms with E-state index in [9.17, 15) is 9.90 Å². The molecule has 4 nitrogen and oxygen atoms in total. The molecule has 1 atom stereocenters. The molecule has 18 heavy (non-hydrogen) atoms. The first kappa shape index (κ1) is 13.8. The van der Waals surface area contributed by atoms with E-state index in [0.29, 0.717) is 19.1 Å². The molecule has 0 aromatic rings. The molecule has 0 aromatic carbocycles. The predicted molar refractivity (Wildman–Crippen MR) is 71.3 cm³/mol. The predicted octanol–water partition coefficient (Wildman–Crippen LogP) is 1.14. The maximum absolute atomic E-state index is 11.4. The molecular weight excluding hydrogens is 228 g/mol. The van der Waals surface area contributed by atoms with Gasteiger partial charge in [0.05, 0.1) is 0 Å². The summed E-state index contributed by atoms with van der Waals surface area (Å²) < 4.78 is 0. The Morgan fingerprint density at radius 1 is 1.39 bits per heavy atom. The van der Waals surface area contributed by atoms with E-state index in [0.717, 1.165) is 32.4 Å². The van der Waals surface area contributed by atoms with Gasteiger partial charge in [0.25, 0.3) is 0 Å². The number of hydrogen-bond acceptors (Lipinski definition) is 3. The van der Waals surface area contributed by atoms with Gasteiger partial charge in [-0.2, -0.15) is 0 Å². The quantitative estimate of drug-likeness (QED) is 0.791. The van der Waals surface area contributed by atoms with Crippen LogP contribution in [0.3, 0.4) is 0 Å². The number of piperidine rings is 1. The van der Waals surface area contributed by atoms with Crippen LogP contribution in [0.4, 0.5) is 0 Å². The van der Waals surface area contributed by atoms with Crippen molar-refractivity contribution in [3.63, 3.8) is 0 Å². The highest BCUT2D eigenvalue weighted by Crippen LogP contribution is 2.35. The van der Waals surface area contributed by atoms with E-state index < -0.39 is 0 Å². The summed E-state index contributed by atoms with van der Waals surface area (Å²) in [5.74, 6) is 0.252. The SMILES string of the molecule is CN1CC(NCC2(CO)CCCCC2)CCC1=O. The Hall–Kier alpha value is -0.610. The first-order valence-electron chi connectivity index (χ1n) is 7.23. The van der Waals surface area contributed by atoms with Crippen LogP contribution >= 0.6 is 0 Å². The molecule has 104 valence electrons. The third-order valence-electron chi connectivity index (χ3n) is 4.64. The molecular formula is C14H26N2O2. The Morgan fingerprint density at radius 2 is 2.11 bits per heavy atom. The minimum absolute atomic E-state index is 0.0955. The number of likely N-dealkylation sites (tertiary alicyclic amines) is 1. The number of rotatable bonds is 4. The van der Waals surface area contributed by atoms with Crippen molar-refractivity contribution in [1.29, 1.82) is 0 Å². The summed E-state index contributed by atoms with van der Waals surface area (Å²) in [6.45, 7) is 2.00. The molecule has 2 aliphatic rings. The van der Waals surface area contributed by atoms with E-state index in [2.05, 4.69) is 5.32 Å². The number of amides is 1. The monoisotopic (exact) mass is 254 g/mol. The first-order valence-corrected chi connectivity index (χ1v) is 7.23. The van der Waals surface area contributed by atoms with Crippen LogP contribution in [0.2, 0.25) is 0 Å². The van der Waals surface area contributed by atoms with Gasteiger partial charge in [-0.25, -0.2) is 0 Å². The second-order valence-corrected chi connectivity index (χ2v) is 6.11. The molecule has 0 bridgehead atoms. The summed E-state index contributed by atoms with van der Waals surface area (Å²) in [4.78, 5) is 13.2. The molecule has 1 heterocycles. The average Bonchev–Trinajstić information content (AvgIpc) is 2.41. The number of aliphatic hydroxyl groups excluding tert-OH is 1. The molecule has 1 unspecified atom stereocenters. The van der Waals surface area contributed by atoms with Gasteiger partial charge in [-0.15, -0.1) is 0 Å². The number of carbonyl (C=O) groups is 1. The lowest BCUT2D eigenvalue weighted by Crippen LogP contribution is -2.50. The van der Waals surface area contributed by atoms with Gasteiger partial charge in [0, 0.05) is 44.6 Å². The Bertz CT molecular complexity index is 288. The molecule has 0 radical (unpaired) electrons. The third-order valence-corrected chi connectivity index (χ3v) is 4.64. The number of hydrogen-bond donors (Lipinski definition) is 2. The minimum Gasteiger partial charge on any atom is -0.396 e. The van der Waals surface area contributed by atoms with Gasteiger partial charge in [0.2, 0.25) is 5.91 Å². The van der Waals surface area contributed by atoms with Crippen LogP contribution in [0.15, 0.2) is 0 Å². The zero-order valence-corrected chi connectivity index (χ0v) is 11.5. The summed E-state index contributed by atoms with van der Waals surface area (Å²) >= 11 is 0. The van der Waals surface area contributed by atoms with Crippen LogP contribution in [0, 0.1) is 5.41 Å². The highest BCUT2D eigenvalue weighted by atomic mass is 16.3. The van der Waals surface area contributed by atoms with Gasteiger partial charge < -0.3 is 15.3 Å². The summed E-state index contributed by atoms with van der Waals surface area (Å²) in [7, 11) is 1.87. The van der Waals surface area contributed by atoms with Crippen molar-refractivity contribution in [2.75, 3.05) is 26.7 Å². The number of aliphatic hydroxyl groups is 1. The van der Waals surface area contributed by atoms with Crippen LogP contribution in [-0.4, -0.2) is 48.7 Å². The van der Waals surface area contributed by atoms with E-state index >= 15 is 0 Å². The zero-order valence-electron chi connectivity index (χ0n) is 11.5. The van der Waals surface area contributed by atoms with Crippen LogP contribution in [0.5, 0.6) is 0 Å². The van der Waals surface area contributed by atoms with E-state index in [1.165, 1.54) is 19.3 Å². The molecule has 2 N–H and O–H groups in total. The topological polar surface area (TPSA) is 52.6 Å². The smallest absolute Gasteiger partial charge is 0.222 e. The van der Waals surface area contributed by atoms with Gasteiger partial charge in [-0.05, 0) is 19.3 Å². The van der Waals surface area contributed by atoms with Crippen LogP contribution in [0.1, 0.15) is 44.9 Å². The fraction of sp³-hybridized carbons (Fsp3) is 0.929. The van der Waals surface area contributed by atoms with E-state index in [4.69, 9.17) is 0 Å². The van der Waals surface area contributed by atoms with Crippen LogP contribution < -0.4 is 5.32 Å². The van der Waals surface area contributed by atoms with Crippen molar-refractivity contribution < 1.29 is 9.90 Å². The maximum atomic E-state index is 11.4. The van der Waals surface area contributed by atoms with Gasteiger partial charge in [-0.1, -0.05) is 19.3 Å². The second kappa shape index (κ2) is 6.02. The van der Waals surface area contributed by atoms with E-state index in [1.54, 1.807) is 0 Å². The van der Waals surface area contributed by atoms with Gasteiger partial charge in [0.1, 0.15) is 0 Å². The highest BCUT2D eigenvalue weighted by Gasteiger charge is 2.32. The summed E-state index contributed by atoms with van der Waals surface area (Å²) in [6.07, 6.45) is 7.65. The van der Waals surface area contributed by atoms with Gasteiger partial charge in [0.15, 0.2) is 0 Å². The number of carbonyl (C=O) groups excluding carboxylic acids is 1. The average molecular weight is 254 g/mol. The fourth-order valence-corrected chi connectivity index (χ4v) is 3.23. The summed E-state index contributed by atoms with van der Waals surface area (Å²) in [5.41, 5.74) is 0.0955. The lowest BCUT2D eigenvalue weighted by Gasteiger charge is -2.38. The molecule has 2 rings (SSSR count). The molecule has 1 aliphatic heterocycles. The molecule has 1 aliphatic carbocycles. The molecule has 1 saturated carbocycles. The Balaban J connectivity index is 1.81. The highest BCUT2D eigenvalue weighted by molar-refractivity contribution is 5.76. The first-order chi connectivity index (χ1) is 8.65. The number of nitrogens with one attached hydrogen (secondary N) is 1. The van der Waals surface area contributed by atoms with Crippen molar-refractivity contribution in [2.24, 2.45) is 5.41 Å². The zero-order chi connectivity index (χ0) is 13.0. The Morgan fingerprint density at radius 3 is 2.72 bits per heavy atom. The molecule has 0 spiro atoms. The van der Waals surface area contributed by atoms with Crippen molar-refractivity contribution in [3.8, 4) is 0 Å². The third kappa shape index (κ3) is 3.23. The second-order valence-electron chi connectivity index (χ2n) is 6.11. The molecule has 2 fully saturated rings. The number of nitrogens with zero attached hydrogens (tertiary/aromatic N) is 1. The van der Waals surface area contributed by atoms with E-state index in [1.807, 2.05) is 11.9 Å². The lowest BCUT2D eigenvalue weighted by molar-refractivity contribution is -0.132. The Labute approximate surface area is 110 Å². The molecule has 1 saturated heterocycles. The largest absolute Gasteiger partial charge is 0.396 e. The van der Waals surface area contributed by atoms with Gasteiger partial charge >= 0.3 is 0 Å². The van der Waals surface area contributed by atoms with Gasteiger partial charge in [-0.3, -0.25) is 4.79 Å². The number of likely N-dealkylation sites (N-methyl/N-ethyl adjacent to an activating group) is 1. The fourth-order valence-electron chi connectivity index (χ4n) is 3.23. The molecule has 1 amide bonds. The molecule has 0 aromatic heterocycles. The summed E-state index contributed by atoms with van der Waals surface area (Å²) in [5, 5.41) is 13.2.